The van der Waals surface area contributed by atoms with Crippen LogP contribution in [0.15, 0.2) is 34.7 Å². The lowest BCUT2D eigenvalue weighted by Crippen LogP contribution is -2.34. The summed E-state index contributed by atoms with van der Waals surface area (Å²) in [6.07, 6.45) is 10.1. The Morgan fingerprint density at radius 2 is 1.74 bits per heavy atom. The van der Waals surface area contributed by atoms with Crippen LogP contribution < -0.4 is 15.4 Å². The molecule has 7 heteroatoms. The molecule has 0 unspecified atom stereocenters. The predicted molar refractivity (Wildman–Crippen MR) is 125 cm³/mol. The second kappa shape index (κ2) is 9.01. The van der Waals surface area contributed by atoms with E-state index >= 15 is 0 Å². The van der Waals surface area contributed by atoms with E-state index in [0.717, 1.165) is 56.3 Å². The number of nitrogens with one attached hydrogen (secondary N) is 3. The second-order valence-corrected chi connectivity index (χ2v) is 9.70. The Morgan fingerprint density at radius 3 is 2.42 bits per heavy atom. The van der Waals surface area contributed by atoms with Crippen molar-refractivity contribution in [3.05, 3.63) is 58.1 Å². The van der Waals surface area contributed by atoms with Crippen LogP contribution in [0.3, 0.4) is 0 Å². The molecule has 0 heterocycles. The van der Waals surface area contributed by atoms with Gasteiger partial charge in [-0.3, -0.25) is 4.36 Å². The van der Waals surface area contributed by atoms with E-state index in [1.165, 1.54) is 41.5 Å². The van der Waals surface area contributed by atoms with Crippen LogP contribution in [-0.4, -0.2) is 12.1 Å². The molecule has 0 radical (unpaired) electrons. The molecule has 164 valence electrons. The van der Waals surface area contributed by atoms with Crippen LogP contribution in [-0.2, 0) is 47.2 Å². The third-order valence-electron chi connectivity index (χ3n) is 6.70. The van der Waals surface area contributed by atoms with Gasteiger partial charge in [0, 0.05) is 24.0 Å². The largest absolute Gasteiger partial charge is 0.435 e. The zero-order valence-corrected chi connectivity index (χ0v) is 18.5. The minimum absolute atomic E-state index is 0.553. The molecule has 3 N–H and O–H groups in total. The van der Waals surface area contributed by atoms with Crippen molar-refractivity contribution in [2.45, 2.75) is 70.4 Å². The van der Waals surface area contributed by atoms with Gasteiger partial charge >= 0.3 is 6.03 Å². The molecular formula is C24H29N4O2S-. The highest BCUT2D eigenvalue weighted by Crippen LogP contribution is 2.38. The summed E-state index contributed by atoms with van der Waals surface area (Å²) >= 11 is 0. The van der Waals surface area contributed by atoms with Crippen molar-refractivity contribution in [3.63, 3.8) is 0 Å². The number of aryl methyl sites for hydroxylation is 2. The summed E-state index contributed by atoms with van der Waals surface area (Å²) in [5, 5.41) is 6.49. The Morgan fingerprint density at radius 1 is 1.00 bits per heavy atom. The van der Waals surface area contributed by atoms with Crippen LogP contribution in [0.1, 0.15) is 59.9 Å². The van der Waals surface area contributed by atoms with Gasteiger partial charge in [-0.25, -0.2) is 4.79 Å². The summed E-state index contributed by atoms with van der Waals surface area (Å²) in [6.45, 7) is 0.786. The SMILES string of the molecule is O=C(N=[S-](=O)Nc1cccc(CNC2CCC2)c1)Nc1c2c(cc3c1CCC3)CCC2. The van der Waals surface area contributed by atoms with E-state index in [4.69, 9.17) is 0 Å². The molecule has 0 saturated heterocycles. The molecule has 0 aliphatic heterocycles. The van der Waals surface area contributed by atoms with Gasteiger partial charge in [-0.1, -0.05) is 35.4 Å². The average molecular weight is 438 g/mol. The average Bonchev–Trinajstić information content (AvgIpc) is 3.36. The van der Waals surface area contributed by atoms with Crippen molar-refractivity contribution in [1.82, 2.24) is 5.32 Å². The number of hydrogen-bond donors (Lipinski definition) is 3. The molecule has 1 fully saturated rings. The van der Waals surface area contributed by atoms with Crippen LogP contribution in [0.5, 0.6) is 0 Å². The van der Waals surface area contributed by atoms with Gasteiger partial charge < -0.3 is 19.6 Å². The first-order valence-electron chi connectivity index (χ1n) is 11.4. The van der Waals surface area contributed by atoms with E-state index in [2.05, 4.69) is 25.8 Å². The van der Waals surface area contributed by atoms with Crippen molar-refractivity contribution in [2.75, 3.05) is 10.0 Å². The highest BCUT2D eigenvalue weighted by Gasteiger charge is 2.24. The highest BCUT2D eigenvalue weighted by molar-refractivity contribution is 7.76. The molecule has 2 aromatic rings. The monoisotopic (exact) mass is 437 g/mol. The Labute approximate surface area is 185 Å². The number of rotatable bonds is 6. The first-order chi connectivity index (χ1) is 15.2. The molecule has 3 aliphatic carbocycles. The molecule has 1 saturated carbocycles. The van der Waals surface area contributed by atoms with Crippen LogP contribution in [0.4, 0.5) is 16.2 Å². The van der Waals surface area contributed by atoms with Gasteiger partial charge in [-0.15, -0.1) is 0 Å². The van der Waals surface area contributed by atoms with Gasteiger partial charge in [0.15, 0.2) is 0 Å². The lowest BCUT2D eigenvalue weighted by Gasteiger charge is -2.26. The first kappa shape index (κ1) is 20.5. The third kappa shape index (κ3) is 4.62. The standard InChI is InChI=1S/C24H29N4O2S/c29-24(26-23-21-11-2-6-17(21)14-18-7-3-12-22(18)23)28-31(30)27-20-10-1-5-16(13-20)15-25-19-8-4-9-19/h1,5,10,13-14,19,25H,2-4,6-9,11-12,15H2,(H2,26,27,28,29,30)/q-1. The predicted octanol–water partition coefficient (Wildman–Crippen LogP) is 5.01. The molecule has 0 aromatic heterocycles. The van der Waals surface area contributed by atoms with Crippen molar-refractivity contribution in [3.8, 4) is 0 Å². The zero-order valence-electron chi connectivity index (χ0n) is 17.7. The van der Waals surface area contributed by atoms with E-state index in [1.807, 2.05) is 24.3 Å². The molecule has 31 heavy (non-hydrogen) atoms. The topological polar surface area (TPSA) is 82.6 Å². The molecule has 5 rings (SSSR count). The number of amides is 2. The van der Waals surface area contributed by atoms with Gasteiger partial charge in [0.1, 0.15) is 0 Å². The first-order valence-corrected chi connectivity index (χ1v) is 12.5. The fraction of sp³-hybridized carbons (Fsp3) is 0.458. The van der Waals surface area contributed by atoms with Gasteiger partial charge in [0.25, 0.3) is 0 Å². The minimum Gasteiger partial charge on any atom is -0.435 e. The van der Waals surface area contributed by atoms with Gasteiger partial charge in [0.2, 0.25) is 0 Å². The van der Waals surface area contributed by atoms with E-state index in [9.17, 15) is 9.00 Å². The van der Waals surface area contributed by atoms with Gasteiger partial charge in [-0.05, 0) is 91.3 Å². The maximum atomic E-state index is 12.6. The fourth-order valence-electron chi connectivity index (χ4n) is 4.92. The maximum Gasteiger partial charge on any atom is 0.323 e. The number of hydrogen-bond acceptors (Lipinski definition) is 4. The third-order valence-corrected chi connectivity index (χ3v) is 7.44. The van der Waals surface area contributed by atoms with E-state index < -0.39 is 16.8 Å². The summed E-state index contributed by atoms with van der Waals surface area (Å²) < 4.78 is 19.1. The van der Waals surface area contributed by atoms with Gasteiger partial charge in [0.05, 0.1) is 0 Å². The highest BCUT2D eigenvalue weighted by atomic mass is 32.2. The zero-order chi connectivity index (χ0) is 21.2. The maximum absolute atomic E-state index is 12.6. The smallest absolute Gasteiger partial charge is 0.323 e. The lowest BCUT2D eigenvalue weighted by molar-refractivity contribution is 0.260. The number of urea groups is 1. The number of carbonyl (C=O) groups excluding carboxylic acids is 1. The minimum atomic E-state index is -1.84. The summed E-state index contributed by atoms with van der Waals surface area (Å²) in [5.74, 6) is 0. The summed E-state index contributed by atoms with van der Waals surface area (Å²) in [6, 6.07) is 10.1. The molecule has 2 amide bonds. The Kier molecular flexibility index (Phi) is 5.96. The number of nitrogens with zero attached hydrogens (tertiary/aromatic N) is 1. The summed E-state index contributed by atoms with van der Waals surface area (Å²) in [4.78, 5) is 12.6. The number of carbonyl (C=O) groups is 1. The summed E-state index contributed by atoms with van der Waals surface area (Å²) in [7, 11) is -1.84. The molecule has 3 aliphatic rings. The quantitative estimate of drug-likeness (QED) is 0.556. The molecule has 0 bridgehead atoms. The van der Waals surface area contributed by atoms with Crippen LogP contribution >= 0.6 is 0 Å². The number of fused-ring (bicyclic) bond motifs is 2. The van der Waals surface area contributed by atoms with Crippen molar-refractivity contribution >= 4 is 28.2 Å². The lowest BCUT2D eigenvalue weighted by atomic mass is 9.93. The Hall–Kier alpha value is -2.38. The molecule has 0 spiro atoms. The summed E-state index contributed by atoms with van der Waals surface area (Å²) in [5.41, 5.74) is 7.93. The normalized spacial score (nSPS) is 18.3. The van der Waals surface area contributed by atoms with Crippen LogP contribution in [0.2, 0.25) is 0 Å². The van der Waals surface area contributed by atoms with Crippen molar-refractivity contribution in [1.29, 1.82) is 0 Å². The Balaban J connectivity index is 1.25. The van der Waals surface area contributed by atoms with Crippen molar-refractivity contribution < 1.29 is 9.00 Å². The fourth-order valence-corrected chi connectivity index (χ4v) is 5.49. The molecule has 2 aromatic carbocycles. The molecule has 0 atom stereocenters. The van der Waals surface area contributed by atoms with Gasteiger partial charge in [-0.2, -0.15) is 0 Å². The Bertz CT molecular complexity index is 1050. The van der Waals surface area contributed by atoms with Crippen LogP contribution in [0, 0.1) is 0 Å². The van der Waals surface area contributed by atoms with E-state index in [0.29, 0.717) is 11.7 Å². The van der Waals surface area contributed by atoms with Crippen molar-refractivity contribution in [2.24, 2.45) is 4.36 Å². The number of anilines is 2. The second-order valence-electron chi connectivity index (χ2n) is 8.82. The van der Waals surface area contributed by atoms with E-state index in [-0.39, 0.29) is 0 Å². The van der Waals surface area contributed by atoms with E-state index in [1.54, 1.807) is 0 Å². The van der Waals surface area contributed by atoms with Crippen LogP contribution in [0.25, 0.3) is 0 Å². The molecule has 6 nitrogen and oxygen atoms in total. The molecular weight excluding hydrogens is 408 g/mol. The number of benzene rings is 2.